The number of aromatic amines is 1. The third kappa shape index (κ3) is 1.32. The van der Waals surface area contributed by atoms with Gasteiger partial charge in [-0.15, -0.1) is 0 Å². The summed E-state index contributed by atoms with van der Waals surface area (Å²) in [5, 5.41) is 8.32. The summed E-state index contributed by atoms with van der Waals surface area (Å²) in [4.78, 5) is 16.4. The molecule has 0 radical (unpaired) electrons. The van der Waals surface area contributed by atoms with Gasteiger partial charge in [-0.2, -0.15) is 4.98 Å². The van der Waals surface area contributed by atoms with Crippen molar-refractivity contribution in [3.8, 4) is 0 Å². The molecule has 3 N–H and O–H groups in total. The summed E-state index contributed by atoms with van der Waals surface area (Å²) in [6, 6.07) is 1.52. The minimum atomic E-state index is -0.475. The highest BCUT2D eigenvalue weighted by atomic mass is 16.5. The van der Waals surface area contributed by atoms with Crippen molar-refractivity contribution < 1.29 is 5.21 Å². The lowest BCUT2D eigenvalue weighted by atomic mass is 10.4. The highest BCUT2D eigenvalue weighted by Crippen LogP contribution is 1.96. The number of hydrogen-bond acceptors (Lipinski definition) is 4. The number of aromatic nitrogens is 2. The van der Waals surface area contributed by atoms with Gasteiger partial charge in [0, 0.05) is 11.8 Å². The molecule has 0 spiro atoms. The number of hydrogen-bond donors (Lipinski definition) is 3. The van der Waals surface area contributed by atoms with E-state index in [0.29, 0.717) is 5.69 Å². The Morgan fingerprint density at radius 3 is 3.00 bits per heavy atom. The average Bonchev–Trinajstić information content (AvgIpc) is 1.85. The van der Waals surface area contributed by atoms with Gasteiger partial charge in [-0.05, 0) is 6.92 Å². The topological polar surface area (TPSA) is 78.0 Å². The van der Waals surface area contributed by atoms with E-state index >= 15 is 0 Å². The number of rotatable bonds is 1. The van der Waals surface area contributed by atoms with E-state index in [1.54, 1.807) is 12.4 Å². The van der Waals surface area contributed by atoms with Gasteiger partial charge in [0.25, 0.3) is 0 Å². The molecule has 0 saturated heterocycles. The quantitative estimate of drug-likeness (QED) is 0.476. The minimum Gasteiger partial charge on any atom is -0.310 e. The van der Waals surface area contributed by atoms with Gasteiger partial charge >= 0.3 is 5.69 Å². The fourth-order valence-corrected chi connectivity index (χ4v) is 0.637. The summed E-state index contributed by atoms with van der Waals surface area (Å²) in [5.41, 5.74) is 1.95. The zero-order chi connectivity index (χ0) is 7.56. The van der Waals surface area contributed by atoms with Crippen molar-refractivity contribution >= 4 is 5.82 Å². The monoisotopic (exact) mass is 141 g/mol. The van der Waals surface area contributed by atoms with Crippen molar-refractivity contribution in [1.82, 2.24) is 9.97 Å². The average molecular weight is 141 g/mol. The third-order valence-corrected chi connectivity index (χ3v) is 0.994. The Kier molecular flexibility index (Phi) is 1.68. The molecule has 0 atom stereocenters. The first-order valence-corrected chi connectivity index (χ1v) is 2.70. The molecule has 0 aliphatic rings. The summed E-state index contributed by atoms with van der Waals surface area (Å²) in [6.45, 7) is 1.70. The maximum Gasteiger partial charge on any atom is 0.347 e. The van der Waals surface area contributed by atoms with Crippen LogP contribution >= 0.6 is 0 Å². The zero-order valence-electron chi connectivity index (χ0n) is 5.38. The molecule has 5 heteroatoms. The normalized spacial score (nSPS) is 9.40. The smallest absolute Gasteiger partial charge is 0.310 e. The van der Waals surface area contributed by atoms with Gasteiger partial charge in [0.1, 0.15) is 0 Å². The Labute approximate surface area is 56.7 Å². The number of aryl methyl sites for hydroxylation is 1. The van der Waals surface area contributed by atoms with Crippen LogP contribution in [0.3, 0.4) is 0 Å². The first kappa shape index (κ1) is 6.76. The van der Waals surface area contributed by atoms with Crippen LogP contribution in [0, 0.1) is 6.92 Å². The SMILES string of the molecule is Cc1cc(NO)nc(=O)[nH]1. The van der Waals surface area contributed by atoms with Crippen molar-refractivity contribution in [2.75, 3.05) is 5.48 Å². The molecule has 1 aromatic heterocycles. The molecule has 0 bridgehead atoms. The summed E-state index contributed by atoms with van der Waals surface area (Å²) in [5.74, 6) is 0.154. The van der Waals surface area contributed by atoms with E-state index in [-0.39, 0.29) is 5.82 Å². The Morgan fingerprint density at radius 2 is 2.50 bits per heavy atom. The van der Waals surface area contributed by atoms with Crippen LogP contribution in [0.25, 0.3) is 0 Å². The summed E-state index contributed by atoms with van der Waals surface area (Å²) in [6.07, 6.45) is 0. The Balaban J connectivity index is 3.19. The molecule has 0 unspecified atom stereocenters. The molecule has 1 aromatic rings. The third-order valence-electron chi connectivity index (χ3n) is 0.994. The van der Waals surface area contributed by atoms with Gasteiger partial charge in [0.2, 0.25) is 0 Å². The molecule has 0 aliphatic carbocycles. The van der Waals surface area contributed by atoms with E-state index in [2.05, 4.69) is 9.97 Å². The van der Waals surface area contributed by atoms with Crippen LogP contribution in [0.4, 0.5) is 5.82 Å². The molecule has 0 aromatic carbocycles. The van der Waals surface area contributed by atoms with E-state index in [9.17, 15) is 4.79 Å². The summed E-state index contributed by atoms with van der Waals surface area (Å²) < 4.78 is 0. The van der Waals surface area contributed by atoms with Crippen LogP contribution in [-0.2, 0) is 0 Å². The second-order valence-corrected chi connectivity index (χ2v) is 1.87. The summed E-state index contributed by atoms with van der Waals surface area (Å²) in [7, 11) is 0. The highest BCUT2D eigenvalue weighted by molar-refractivity contribution is 5.30. The van der Waals surface area contributed by atoms with Crippen molar-refractivity contribution in [3.05, 3.63) is 22.2 Å². The summed E-state index contributed by atoms with van der Waals surface area (Å²) >= 11 is 0. The number of nitrogens with one attached hydrogen (secondary N) is 2. The molecular formula is C5H7N3O2. The Hall–Kier alpha value is -1.36. The first-order chi connectivity index (χ1) is 4.72. The van der Waals surface area contributed by atoms with Crippen LogP contribution in [0.15, 0.2) is 10.9 Å². The second kappa shape index (κ2) is 2.49. The van der Waals surface area contributed by atoms with Gasteiger partial charge in [-0.25, -0.2) is 4.79 Å². The molecule has 0 amide bonds. The van der Waals surface area contributed by atoms with E-state index in [0.717, 1.165) is 0 Å². The number of anilines is 1. The van der Waals surface area contributed by atoms with E-state index < -0.39 is 5.69 Å². The number of nitrogens with zero attached hydrogens (tertiary/aromatic N) is 1. The molecule has 1 heterocycles. The molecular weight excluding hydrogens is 134 g/mol. The standard InChI is InChI=1S/C5H7N3O2/c1-3-2-4(8-10)7-5(9)6-3/h2,10H,1H3,(H2,6,7,8,9). The van der Waals surface area contributed by atoms with Gasteiger partial charge < -0.3 is 4.98 Å². The van der Waals surface area contributed by atoms with Gasteiger partial charge in [0.15, 0.2) is 5.82 Å². The van der Waals surface area contributed by atoms with Gasteiger partial charge in [-0.3, -0.25) is 10.7 Å². The second-order valence-electron chi connectivity index (χ2n) is 1.87. The first-order valence-electron chi connectivity index (χ1n) is 2.70. The molecule has 1 rings (SSSR count). The fraction of sp³-hybridized carbons (Fsp3) is 0.200. The van der Waals surface area contributed by atoms with E-state index in [1.165, 1.54) is 6.07 Å². The predicted molar refractivity (Wildman–Crippen MR) is 35.0 cm³/mol. The van der Waals surface area contributed by atoms with Crippen LogP contribution in [0.2, 0.25) is 0 Å². The highest BCUT2D eigenvalue weighted by Gasteiger charge is 1.92. The minimum absolute atomic E-state index is 0.154. The number of H-pyrrole nitrogens is 1. The van der Waals surface area contributed by atoms with Crippen LogP contribution < -0.4 is 11.2 Å². The maximum atomic E-state index is 10.6. The Morgan fingerprint density at radius 1 is 1.80 bits per heavy atom. The lowest BCUT2D eigenvalue weighted by Crippen LogP contribution is -2.13. The lowest BCUT2D eigenvalue weighted by Gasteiger charge is -1.95. The Bertz CT molecular complexity index is 280. The van der Waals surface area contributed by atoms with Crippen molar-refractivity contribution in [2.24, 2.45) is 0 Å². The molecule has 5 nitrogen and oxygen atoms in total. The maximum absolute atomic E-state index is 10.6. The van der Waals surface area contributed by atoms with E-state index in [1.807, 2.05) is 0 Å². The molecule has 0 saturated carbocycles. The van der Waals surface area contributed by atoms with Crippen molar-refractivity contribution in [1.29, 1.82) is 0 Å². The van der Waals surface area contributed by atoms with E-state index in [4.69, 9.17) is 5.21 Å². The van der Waals surface area contributed by atoms with Crippen LogP contribution in [0.5, 0.6) is 0 Å². The zero-order valence-corrected chi connectivity index (χ0v) is 5.38. The molecule has 10 heavy (non-hydrogen) atoms. The van der Waals surface area contributed by atoms with Gasteiger partial charge in [0.05, 0.1) is 0 Å². The van der Waals surface area contributed by atoms with Crippen LogP contribution in [-0.4, -0.2) is 15.2 Å². The fourth-order valence-electron chi connectivity index (χ4n) is 0.637. The van der Waals surface area contributed by atoms with Gasteiger partial charge in [-0.1, -0.05) is 0 Å². The van der Waals surface area contributed by atoms with Crippen molar-refractivity contribution in [2.45, 2.75) is 6.92 Å². The molecule has 0 fully saturated rings. The predicted octanol–water partition coefficient (Wildman–Crippen LogP) is -0.121. The van der Waals surface area contributed by atoms with Crippen molar-refractivity contribution in [3.63, 3.8) is 0 Å². The van der Waals surface area contributed by atoms with Crippen LogP contribution in [0.1, 0.15) is 5.69 Å². The largest absolute Gasteiger partial charge is 0.347 e. The molecule has 0 aliphatic heterocycles. The lowest BCUT2D eigenvalue weighted by molar-refractivity contribution is 0.385. The molecule has 54 valence electrons.